The molecule has 106 valence electrons. The molecule has 0 amide bonds. The summed E-state index contributed by atoms with van der Waals surface area (Å²) in [6, 6.07) is 3.26. The molecular weight excluding hydrogens is 252 g/mol. The lowest BCUT2D eigenvalue weighted by Gasteiger charge is -2.19. The number of hydrogen-bond acceptors (Lipinski definition) is 6. The summed E-state index contributed by atoms with van der Waals surface area (Å²) in [4.78, 5) is 10.5. The zero-order valence-corrected chi connectivity index (χ0v) is 10.9. The van der Waals surface area contributed by atoms with E-state index < -0.39 is 18.5 Å². The van der Waals surface area contributed by atoms with Gasteiger partial charge in [0, 0.05) is 13.5 Å². The van der Waals surface area contributed by atoms with Crippen LogP contribution in [0.25, 0.3) is 0 Å². The van der Waals surface area contributed by atoms with E-state index in [0.29, 0.717) is 18.5 Å². The Labute approximate surface area is 111 Å². The normalized spacial score (nSPS) is 28.5. The molecule has 2 heterocycles. The summed E-state index contributed by atoms with van der Waals surface area (Å²) in [6.07, 6.45) is -0.463. The summed E-state index contributed by atoms with van der Waals surface area (Å²) in [5.74, 6) is 0.822. The number of aliphatic hydroxyl groups is 1. The van der Waals surface area contributed by atoms with Gasteiger partial charge in [0.2, 0.25) is 0 Å². The average molecular weight is 270 g/mol. The SMILES string of the molecule is CO[C@H]1C[C@@H](OCc2ccc(C=O)o2)O[C@@H]1[C@@H](C)O. The van der Waals surface area contributed by atoms with Gasteiger partial charge < -0.3 is 23.7 Å². The molecular formula is C13H18O6. The molecule has 1 aromatic heterocycles. The van der Waals surface area contributed by atoms with Gasteiger partial charge in [0.1, 0.15) is 18.5 Å². The molecule has 0 saturated carbocycles. The Kier molecular flexibility index (Phi) is 4.71. The van der Waals surface area contributed by atoms with E-state index in [1.807, 2.05) is 0 Å². The summed E-state index contributed by atoms with van der Waals surface area (Å²) < 4.78 is 21.6. The molecule has 2 rings (SSSR count). The molecule has 0 unspecified atom stereocenters. The fraction of sp³-hybridized carbons (Fsp3) is 0.615. The number of hydrogen-bond donors (Lipinski definition) is 1. The van der Waals surface area contributed by atoms with Gasteiger partial charge in [-0.2, -0.15) is 0 Å². The standard InChI is InChI=1S/C13H18O6/c1-8(15)13-11(16-2)5-12(19-13)17-7-10-4-3-9(6-14)18-10/h3-4,6,8,11-13,15H,5,7H2,1-2H3/t8-,11+,12+,13-/m1/s1. The van der Waals surface area contributed by atoms with Crippen LogP contribution >= 0.6 is 0 Å². The van der Waals surface area contributed by atoms with E-state index in [-0.39, 0.29) is 18.5 Å². The van der Waals surface area contributed by atoms with Crippen LogP contribution in [0.5, 0.6) is 0 Å². The van der Waals surface area contributed by atoms with Gasteiger partial charge in [-0.05, 0) is 19.1 Å². The van der Waals surface area contributed by atoms with E-state index in [4.69, 9.17) is 18.6 Å². The Balaban J connectivity index is 1.85. The Morgan fingerprint density at radius 1 is 1.58 bits per heavy atom. The lowest BCUT2D eigenvalue weighted by molar-refractivity contribution is -0.164. The van der Waals surface area contributed by atoms with Crippen molar-refractivity contribution in [2.75, 3.05) is 7.11 Å². The molecule has 0 spiro atoms. The summed E-state index contributed by atoms with van der Waals surface area (Å²) in [5.41, 5.74) is 0. The van der Waals surface area contributed by atoms with Crippen LogP contribution in [-0.2, 0) is 20.8 Å². The van der Waals surface area contributed by atoms with Gasteiger partial charge in [0.05, 0.1) is 12.2 Å². The van der Waals surface area contributed by atoms with Crippen LogP contribution in [0.2, 0.25) is 0 Å². The number of carbonyl (C=O) groups is 1. The Morgan fingerprint density at radius 2 is 2.37 bits per heavy atom. The molecule has 0 aliphatic carbocycles. The fourth-order valence-electron chi connectivity index (χ4n) is 2.11. The molecule has 6 nitrogen and oxygen atoms in total. The summed E-state index contributed by atoms with van der Waals surface area (Å²) in [7, 11) is 1.58. The molecule has 0 bridgehead atoms. The predicted octanol–water partition coefficient (Wildman–Crippen LogP) is 1.12. The second kappa shape index (κ2) is 6.29. The van der Waals surface area contributed by atoms with Gasteiger partial charge in [0.15, 0.2) is 18.3 Å². The summed E-state index contributed by atoms with van der Waals surface area (Å²) >= 11 is 0. The topological polar surface area (TPSA) is 78.1 Å². The number of rotatable bonds is 6. The number of furan rings is 1. The highest BCUT2D eigenvalue weighted by molar-refractivity contribution is 5.70. The number of ether oxygens (including phenoxy) is 3. The van der Waals surface area contributed by atoms with E-state index in [9.17, 15) is 9.90 Å². The minimum absolute atomic E-state index is 0.188. The van der Waals surface area contributed by atoms with Gasteiger partial charge in [-0.1, -0.05) is 0 Å². The third-order valence-corrected chi connectivity index (χ3v) is 3.09. The number of methoxy groups -OCH3 is 1. The first kappa shape index (κ1) is 14.2. The minimum atomic E-state index is -0.621. The number of aliphatic hydroxyl groups excluding tert-OH is 1. The average Bonchev–Trinajstić information content (AvgIpc) is 3.02. The van der Waals surface area contributed by atoms with Crippen LogP contribution in [0, 0.1) is 0 Å². The predicted molar refractivity (Wildman–Crippen MR) is 64.6 cm³/mol. The largest absolute Gasteiger partial charge is 0.456 e. The van der Waals surface area contributed by atoms with Crippen molar-refractivity contribution in [3.05, 3.63) is 23.7 Å². The molecule has 1 N–H and O–H groups in total. The first-order valence-electron chi connectivity index (χ1n) is 6.16. The minimum Gasteiger partial charge on any atom is -0.456 e. The fourth-order valence-corrected chi connectivity index (χ4v) is 2.11. The van der Waals surface area contributed by atoms with Crippen molar-refractivity contribution in [1.82, 2.24) is 0 Å². The van der Waals surface area contributed by atoms with Crippen molar-refractivity contribution in [3.63, 3.8) is 0 Å². The number of carbonyl (C=O) groups excluding carboxylic acids is 1. The van der Waals surface area contributed by atoms with Gasteiger partial charge >= 0.3 is 0 Å². The van der Waals surface area contributed by atoms with Crippen molar-refractivity contribution >= 4 is 6.29 Å². The first-order valence-corrected chi connectivity index (χ1v) is 6.16. The maximum atomic E-state index is 10.5. The smallest absolute Gasteiger partial charge is 0.185 e. The van der Waals surface area contributed by atoms with Gasteiger partial charge in [0.25, 0.3) is 0 Å². The van der Waals surface area contributed by atoms with Crippen molar-refractivity contribution < 1.29 is 28.5 Å². The van der Waals surface area contributed by atoms with Crippen molar-refractivity contribution in [2.24, 2.45) is 0 Å². The van der Waals surface area contributed by atoms with E-state index in [2.05, 4.69) is 0 Å². The molecule has 1 aliphatic rings. The Hall–Kier alpha value is -1.21. The van der Waals surface area contributed by atoms with E-state index in [1.165, 1.54) is 0 Å². The van der Waals surface area contributed by atoms with Crippen molar-refractivity contribution in [3.8, 4) is 0 Å². The summed E-state index contributed by atoms with van der Waals surface area (Å²) in [5, 5.41) is 9.57. The van der Waals surface area contributed by atoms with E-state index in [0.717, 1.165) is 0 Å². The molecule has 6 heteroatoms. The van der Waals surface area contributed by atoms with Crippen molar-refractivity contribution in [1.29, 1.82) is 0 Å². The Bertz CT molecular complexity index is 413. The number of aldehydes is 1. The molecule has 1 fully saturated rings. The second-order valence-electron chi connectivity index (χ2n) is 4.51. The van der Waals surface area contributed by atoms with Crippen LogP contribution < -0.4 is 0 Å². The molecule has 0 aromatic carbocycles. The molecule has 19 heavy (non-hydrogen) atoms. The molecule has 1 aromatic rings. The third kappa shape index (κ3) is 3.42. The van der Waals surface area contributed by atoms with E-state index in [1.54, 1.807) is 26.2 Å². The highest BCUT2D eigenvalue weighted by Gasteiger charge is 2.38. The second-order valence-corrected chi connectivity index (χ2v) is 4.51. The van der Waals surface area contributed by atoms with Crippen LogP contribution in [-0.4, -0.2) is 43.1 Å². The molecule has 1 aliphatic heterocycles. The zero-order valence-electron chi connectivity index (χ0n) is 10.9. The van der Waals surface area contributed by atoms with Crippen LogP contribution in [0.1, 0.15) is 29.7 Å². The molecule has 0 radical (unpaired) electrons. The third-order valence-electron chi connectivity index (χ3n) is 3.09. The van der Waals surface area contributed by atoms with Gasteiger partial charge in [-0.15, -0.1) is 0 Å². The lowest BCUT2D eigenvalue weighted by atomic mass is 10.1. The monoisotopic (exact) mass is 270 g/mol. The molecule has 4 atom stereocenters. The summed E-state index contributed by atoms with van der Waals surface area (Å²) in [6.45, 7) is 1.86. The molecule has 1 saturated heterocycles. The first-order chi connectivity index (χ1) is 9.13. The van der Waals surface area contributed by atoms with Gasteiger partial charge in [-0.3, -0.25) is 4.79 Å². The highest BCUT2D eigenvalue weighted by Crippen LogP contribution is 2.26. The highest BCUT2D eigenvalue weighted by atomic mass is 16.7. The van der Waals surface area contributed by atoms with E-state index >= 15 is 0 Å². The zero-order chi connectivity index (χ0) is 13.8. The maximum absolute atomic E-state index is 10.5. The maximum Gasteiger partial charge on any atom is 0.185 e. The Morgan fingerprint density at radius 3 is 2.89 bits per heavy atom. The quantitative estimate of drug-likeness (QED) is 0.780. The van der Waals surface area contributed by atoms with Gasteiger partial charge in [-0.25, -0.2) is 0 Å². The van der Waals surface area contributed by atoms with Crippen LogP contribution in [0.15, 0.2) is 16.5 Å². The lowest BCUT2D eigenvalue weighted by Crippen LogP contribution is -2.33. The van der Waals surface area contributed by atoms with Crippen molar-refractivity contribution in [2.45, 2.75) is 44.6 Å². The van der Waals surface area contributed by atoms with Crippen LogP contribution in [0.3, 0.4) is 0 Å². The van der Waals surface area contributed by atoms with Crippen LogP contribution in [0.4, 0.5) is 0 Å².